The van der Waals surface area contributed by atoms with E-state index in [0.29, 0.717) is 11.3 Å². The number of carbonyl (C=O) groups is 2. The summed E-state index contributed by atoms with van der Waals surface area (Å²) in [5.41, 5.74) is 2.10. The zero-order valence-corrected chi connectivity index (χ0v) is 15.9. The monoisotopic (exact) mass is 404 g/mol. The maximum atomic E-state index is 12.1. The number of halogens is 1. The Kier molecular flexibility index (Phi) is 7.01. The number of hydrogen-bond donors (Lipinski definition) is 1. The Bertz CT molecular complexity index is 728. The Hall–Kier alpha value is -2.34. The van der Waals surface area contributed by atoms with Crippen molar-refractivity contribution in [2.24, 2.45) is 0 Å². The molecule has 132 valence electrons. The minimum Gasteiger partial charge on any atom is -0.452 e. The molecule has 0 bridgehead atoms. The Morgan fingerprint density at radius 1 is 1.04 bits per heavy atom. The van der Waals surface area contributed by atoms with Crippen LogP contribution in [0.25, 0.3) is 0 Å². The first-order chi connectivity index (χ1) is 12.0. The molecule has 0 aliphatic heterocycles. The first-order valence-corrected chi connectivity index (χ1v) is 8.91. The van der Waals surface area contributed by atoms with Gasteiger partial charge in [-0.05, 0) is 66.2 Å². The van der Waals surface area contributed by atoms with Crippen molar-refractivity contribution >= 4 is 39.2 Å². The van der Waals surface area contributed by atoms with Gasteiger partial charge in [0.15, 0.2) is 6.61 Å². The van der Waals surface area contributed by atoms with Gasteiger partial charge in [0.2, 0.25) is 0 Å². The number of rotatable bonds is 7. The molecular weight excluding hydrogens is 384 g/mol. The number of ether oxygens (including phenoxy) is 1. The van der Waals surface area contributed by atoms with Crippen molar-refractivity contribution in [2.75, 3.05) is 29.9 Å². The summed E-state index contributed by atoms with van der Waals surface area (Å²) in [6.45, 7) is 5.62. The van der Waals surface area contributed by atoms with Crippen molar-refractivity contribution in [3.8, 4) is 0 Å². The molecule has 1 N–H and O–H groups in total. The van der Waals surface area contributed by atoms with Gasteiger partial charge in [0, 0.05) is 23.2 Å². The van der Waals surface area contributed by atoms with Crippen LogP contribution in [0.2, 0.25) is 0 Å². The minimum absolute atomic E-state index is 0.335. The summed E-state index contributed by atoms with van der Waals surface area (Å²) in [7, 11) is 0. The van der Waals surface area contributed by atoms with Crippen LogP contribution < -0.4 is 10.2 Å². The second-order valence-corrected chi connectivity index (χ2v) is 6.18. The highest BCUT2D eigenvalue weighted by Gasteiger charge is 2.12. The van der Waals surface area contributed by atoms with Gasteiger partial charge in [0.05, 0.1) is 11.3 Å². The van der Waals surface area contributed by atoms with E-state index in [2.05, 4.69) is 40.0 Å². The summed E-state index contributed by atoms with van der Waals surface area (Å²) in [5.74, 6) is -0.909. The van der Waals surface area contributed by atoms with Gasteiger partial charge in [-0.2, -0.15) is 0 Å². The molecule has 0 aliphatic carbocycles. The lowest BCUT2D eigenvalue weighted by atomic mass is 10.2. The van der Waals surface area contributed by atoms with Crippen molar-refractivity contribution in [3.05, 3.63) is 58.6 Å². The zero-order valence-electron chi connectivity index (χ0n) is 14.3. The molecule has 0 heterocycles. The van der Waals surface area contributed by atoms with Crippen LogP contribution in [0.5, 0.6) is 0 Å². The number of nitrogens with zero attached hydrogens (tertiary/aromatic N) is 1. The third kappa shape index (κ3) is 5.32. The lowest BCUT2D eigenvalue weighted by molar-refractivity contribution is -0.119. The molecule has 0 saturated carbocycles. The molecule has 0 aromatic heterocycles. The lowest BCUT2D eigenvalue weighted by Gasteiger charge is -2.20. The van der Waals surface area contributed by atoms with E-state index in [1.165, 1.54) is 0 Å². The van der Waals surface area contributed by atoms with Crippen LogP contribution in [-0.4, -0.2) is 31.6 Å². The number of esters is 1. The normalized spacial score (nSPS) is 10.2. The van der Waals surface area contributed by atoms with Gasteiger partial charge in [-0.1, -0.05) is 12.1 Å². The van der Waals surface area contributed by atoms with E-state index >= 15 is 0 Å². The third-order valence-electron chi connectivity index (χ3n) is 3.71. The van der Waals surface area contributed by atoms with Gasteiger partial charge in [0.1, 0.15) is 0 Å². The summed E-state index contributed by atoms with van der Waals surface area (Å²) in [6.07, 6.45) is 0. The van der Waals surface area contributed by atoms with Crippen LogP contribution in [-0.2, 0) is 9.53 Å². The first-order valence-electron chi connectivity index (χ1n) is 8.11. The number of anilines is 2. The molecule has 0 aliphatic rings. The first kappa shape index (κ1) is 19.0. The molecule has 0 radical (unpaired) electrons. The fourth-order valence-corrected chi connectivity index (χ4v) is 2.74. The average Bonchev–Trinajstić information content (AvgIpc) is 2.63. The standard InChI is InChI=1S/C19H21BrN2O3/c1-3-22(4-2)15-11-9-14(10-12-15)19(24)25-13-18(23)21-17-8-6-5-7-16(17)20/h5-12H,3-4,13H2,1-2H3,(H,21,23). The second-order valence-electron chi connectivity index (χ2n) is 5.32. The highest BCUT2D eigenvalue weighted by molar-refractivity contribution is 9.10. The summed E-state index contributed by atoms with van der Waals surface area (Å²) in [5, 5.41) is 2.69. The Balaban J connectivity index is 1.89. The topological polar surface area (TPSA) is 58.6 Å². The molecule has 2 aromatic carbocycles. The molecule has 2 rings (SSSR count). The van der Waals surface area contributed by atoms with Crippen LogP contribution >= 0.6 is 15.9 Å². The number of benzene rings is 2. The van der Waals surface area contributed by atoms with Crippen LogP contribution in [0, 0.1) is 0 Å². The van der Waals surface area contributed by atoms with Crippen LogP contribution in [0.1, 0.15) is 24.2 Å². The number of para-hydroxylation sites is 1. The number of carbonyl (C=O) groups excluding carboxylic acids is 2. The molecule has 0 unspecified atom stereocenters. The van der Waals surface area contributed by atoms with Crippen molar-refractivity contribution < 1.29 is 14.3 Å². The SMILES string of the molecule is CCN(CC)c1ccc(C(=O)OCC(=O)Nc2ccccc2Br)cc1. The summed E-state index contributed by atoms with van der Waals surface area (Å²) in [6, 6.07) is 14.4. The molecule has 2 aromatic rings. The van der Waals surface area contributed by atoms with E-state index in [4.69, 9.17) is 4.74 Å². The molecule has 0 fully saturated rings. The van der Waals surface area contributed by atoms with E-state index < -0.39 is 5.97 Å². The highest BCUT2D eigenvalue weighted by atomic mass is 79.9. The summed E-state index contributed by atoms with van der Waals surface area (Å²) in [4.78, 5) is 26.2. The van der Waals surface area contributed by atoms with Gasteiger partial charge in [-0.15, -0.1) is 0 Å². The van der Waals surface area contributed by atoms with Gasteiger partial charge in [0.25, 0.3) is 5.91 Å². The van der Waals surface area contributed by atoms with Crippen LogP contribution in [0.4, 0.5) is 11.4 Å². The minimum atomic E-state index is -0.520. The zero-order chi connectivity index (χ0) is 18.2. The fraction of sp³-hybridized carbons (Fsp3) is 0.263. The van der Waals surface area contributed by atoms with Gasteiger partial charge in [-0.25, -0.2) is 4.79 Å². The molecule has 0 spiro atoms. The number of amides is 1. The van der Waals surface area contributed by atoms with Gasteiger partial charge >= 0.3 is 5.97 Å². The van der Waals surface area contributed by atoms with Crippen molar-refractivity contribution in [3.63, 3.8) is 0 Å². The van der Waals surface area contributed by atoms with Gasteiger partial charge < -0.3 is 15.0 Å². The van der Waals surface area contributed by atoms with E-state index in [9.17, 15) is 9.59 Å². The highest BCUT2D eigenvalue weighted by Crippen LogP contribution is 2.21. The molecular formula is C19H21BrN2O3. The number of hydrogen-bond acceptors (Lipinski definition) is 4. The molecule has 6 heteroatoms. The van der Waals surface area contributed by atoms with E-state index in [0.717, 1.165) is 23.2 Å². The Morgan fingerprint density at radius 2 is 1.68 bits per heavy atom. The Morgan fingerprint density at radius 3 is 2.28 bits per heavy atom. The third-order valence-corrected chi connectivity index (χ3v) is 4.41. The predicted octanol–water partition coefficient (Wildman–Crippen LogP) is 4.09. The van der Waals surface area contributed by atoms with Crippen molar-refractivity contribution in [1.29, 1.82) is 0 Å². The van der Waals surface area contributed by atoms with E-state index in [-0.39, 0.29) is 12.5 Å². The molecule has 0 atom stereocenters. The second kappa shape index (κ2) is 9.22. The summed E-state index contributed by atoms with van der Waals surface area (Å²) < 4.78 is 5.84. The van der Waals surface area contributed by atoms with Gasteiger partial charge in [-0.3, -0.25) is 4.79 Å². The lowest BCUT2D eigenvalue weighted by Crippen LogP contribution is -2.22. The summed E-state index contributed by atoms with van der Waals surface area (Å²) >= 11 is 3.35. The van der Waals surface area contributed by atoms with Crippen LogP contribution in [0.3, 0.4) is 0 Å². The maximum absolute atomic E-state index is 12.1. The maximum Gasteiger partial charge on any atom is 0.338 e. The quantitative estimate of drug-likeness (QED) is 0.705. The van der Waals surface area contributed by atoms with E-state index in [1.54, 1.807) is 18.2 Å². The smallest absolute Gasteiger partial charge is 0.338 e. The molecule has 5 nitrogen and oxygen atoms in total. The van der Waals surface area contributed by atoms with Crippen molar-refractivity contribution in [2.45, 2.75) is 13.8 Å². The Labute approximate surface area is 156 Å². The predicted molar refractivity (Wildman–Crippen MR) is 103 cm³/mol. The molecule has 0 saturated heterocycles. The van der Waals surface area contributed by atoms with Crippen LogP contribution in [0.15, 0.2) is 53.0 Å². The fourth-order valence-electron chi connectivity index (χ4n) is 2.36. The number of nitrogens with one attached hydrogen (secondary N) is 1. The van der Waals surface area contributed by atoms with E-state index in [1.807, 2.05) is 30.3 Å². The largest absolute Gasteiger partial charge is 0.452 e. The molecule has 25 heavy (non-hydrogen) atoms. The van der Waals surface area contributed by atoms with Crippen molar-refractivity contribution in [1.82, 2.24) is 0 Å². The average molecular weight is 405 g/mol. The molecule has 1 amide bonds.